The van der Waals surface area contributed by atoms with Gasteiger partial charge in [-0.3, -0.25) is 4.79 Å². The smallest absolute Gasteiger partial charge is 0.255 e. The summed E-state index contributed by atoms with van der Waals surface area (Å²) in [4.78, 5) is 12.9. The summed E-state index contributed by atoms with van der Waals surface area (Å²) < 4.78 is 26.0. The van der Waals surface area contributed by atoms with Crippen molar-refractivity contribution in [3.05, 3.63) is 58.6 Å². The molecule has 1 amide bonds. The Morgan fingerprint density at radius 3 is 2.64 bits per heavy atom. The number of carbonyl (C=O) groups is 1. The van der Waals surface area contributed by atoms with E-state index < -0.39 is 17.5 Å². The van der Waals surface area contributed by atoms with Gasteiger partial charge in [-0.2, -0.15) is 0 Å². The number of anilines is 1. The second-order valence-corrected chi connectivity index (χ2v) is 5.79. The van der Waals surface area contributed by atoms with Crippen molar-refractivity contribution >= 4 is 35.0 Å². The van der Waals surface area contributed by atoms with Crippen LogP contribution in [0.3, 0.4) is 0 Å². The maximum atomic E-state index is 13.1. The topological polar surface area (TPSA) is 41.1 Å². The monoisotopic (exact) mass is 342 g/mol. The van der Waals surface area contributed by atoms with Crippen LogP contribution in [0.25, 0.3) is 0 Å². The van der Waals surface area contributed by atoms with E-state index in [1.165, 1.54) is 17.8 Å². The van der Waals surface area contributed by atoms with Crippen molar-refractivity contribution in [1.29, 1.82) is 0 Å². The van der Waals surface area contributed by atoms with Crippen LogP contribution in [0.15, 0.2) is 41.3 Å². The van der Waals surface area contributed by atoms with E-state index in [0.717, 1.165) is 17.0 Å². The number of amides is 1. The number of nitrogens with one attached hydrogen (secondary N) is 2. The third kappa shape index (κ3) is 4.19. The van der Waals surface area contributed by atoms with Gasteiger partial charge in [0.2, 0.25) is 0 Å². The van der Waals surface area contributed by atoms with Crippen molar-refractivity contribution in [2.45, 2.75) is 4.90 Å². The zero-order chi connectivity index (χ0) is 16.1. The molecular weight excluding hydrogens is 330 g/mol. The first-order chi connectivity index (χ1) is 10.5. The predicted octanol–water partition coefficient (Wildman–Crippen LogP) is 4.14. The van der Waals surface area contributed by atoms with Gasteiger partial charge in [0.25, 0.3) is 5.91 Å². The number of carbonyl (C=O) groups excluding carboxylic acids is 1. The normalized spacial score (nSPS) is 10.5. The Morgan fingerprint density at radius 1 is 1.18 bits per heavy atom. The highest BCUT2D eigenvalue weighted by atomic mass is 35.5. The van der Waals surface area contributed by atoms with E-state index in [9.17, 15) is 13.6 Å². The molecule has 2 aromatic rings. The van der Waals surface area contributed by atoms with E-state index in [1.54, 1.807) is 25.2 Å². The van der Waals surface area contributed by atoms with Crippen molar-refractivity contribution in [3.8, 4) is 0 Å². The molecule has 0 atom stereocenters. The minimum atomic E-state index is -1.01. The van der Waals surface area contributed by atoms with E-state index in [2.05, 4.69) is 10.6 Å². The molecule has 0 radical (unpaired) electrons. The van der Waals surface area contributed by atoms with Crippen LogP contribution in [0.4, 0.5) is 14.5 Å². The third-order valence-electron chi connectivity index (χ3n) is 2.74. The molecule has 0 heterocycles. The van der Waals surface area contributed by atoms with Gasteiger partial charge in [0.1, 0.15) is 0 Å². The highest BCUT2D eigenvalue weighted by Gasteiger charge is 2.11. The number of hydrogen-bond acceptors (Lipinski definition) is 3. The maximum Gasteiger partial charge on any atom is 0.255 e. The zero-order valence-electron chi connectivity index (χ0n) is 11.6. The Kier molecular flexibility index (Phi) is 5.76. The first kappa shape index (κ1) is 16.7. The Bertz CT molecular complexity index is 697. The summed E-state index contributed by atoms with van der Waals surface area (Å²) >= 11 is 7.52. The van der Waals surface area contributed by atoms with Gasteiger partial charge >= 0.3 is 0 Å². The molecule has 0 aliphatic carbocycles. The number of thioether (sulfide) groups is 1. The lowest BCUT2D eigenvalue weighted by molar-refractivity contribution is 0.102. The van der Waals surface area contributed by atoms with Crippen LogP contribution in [0.2, 0.25) is 5.02 Å². The summed E-state index contributed by atoms with van der Waals surface area (Å²) in [6.45, 7) is 0. The van der Waals surface area contributed by atoms with E-state index in [1.807, 2.05) is 0 Å². The molecule has 2 N–H and O–H groups in total. The minimum Gasteiger partial charge on any atom is -0.322 e. The van der Waals surface area contributed by atoms with Gasteiger partial charge in [-0.1, -0.05) is 11.6 Å². The minimum absolute atomic E-state index is 0.184. The molecule has 0 aliphatic heterocycles. The van der Waals surface area contributed by atoms with Crippen LogP contribution < -0.4 is 10.6 Å². The molecule has 22 heavy (non-hydrogen) atoms. The Morgan fingerprint density at radius 2 is 1.95 bits per heavy atom. The fraction of sp³-hybridized carbons (Fsp3) is 0.133. The van der Waals surface area contributed by atoms with Gasteiger partial charge in [-0.05, 0) is 37.4 Å². The first-order valence-corrected chi connectivity index (χ1v) is 7.71. The second-order valence-electron chi connectivity index (χ2n) is 4.37. The fourth-order valence-corrected chi connectivity index (χ4v) is 2.68. The predicted molar refractivity (Wildman–Crippen MR) is 85.5 cm³/mol. The molecule has 0 bridgehead atoms. The molecule has 0 saturated heterocycles. The lowest BCUT2D eigenvalue weighted by atomic mass is 10.2. The van der Waals surface area contributed by atoms with Crippen LogP contribution in [0.5, 0.6) is 0 Å². The highest BCUT2D eigenvalue weighted by Crippen LogP contribution is 2.28. The average Bonchev–Trinajstić information content (AvgIpc) is 2.50. The molecule has 2 rings (SSSR count). The molecular formula is C15H13ClF2N2OS. The Hall–Kier alpha value is -1.63. The van der Waals surface area contributed by atoms with Crippen molar-refractivity contribution in [2.75, 3.05) is 18.2 Å². The van der Waals surface area contributed by atoms with Gasteiger partial charge in [0, 0.05) is 28.1 Å². The molecule has 0 fully saturated rings. The third-order valence-corrected chi connectivity index (χ3v) is 4.27. The van der Waals surface area contributed by atoms with Gasteiger partial charge in [0.15, 0.2) is 11.6 Å². The largest absolute Gasteiger partial charge is 0.322 e. The van der Waals surface area contributed by atoms with Crippen molar-refractivity contribution in [2.24, 2.45) is 0 Å². The molecule has 0 saturated carbocycles. The average molecular weight is 343 g/mol. The Labute approximate surface area is 136 Å². The number of hydrogen-bond donors (Lipinski definition) is 2. The molecule has 0 aromatic heterocycles. The summed E-state index contributed by atoms with van der Waals surface area (Å²) in [6, 6.07) is 8.03. The number of benzene rings is 2. The summed E-state index contributed by atoms with van der Waals surface area (Å²) in [7, 11) is 1.81. The van der Waals surface area contributed by atoms with Crippen molar-refractivity contribution in [1.82, 2.24) is 5.32 Å². The number of halogens is 3. The summed E-state index contributed by atoms with van der Waals surface area (Å²) in [5, 5.41) is 6.03. The summed E-state index contributed by atoms with van der Waals surface area (Å²) in [5.74, 6) is -1.75. The highest BCUT2D eigenvalue weighted by molar-refractivity contribution is 7.99. The van der Waals surface area contributed by atoms with Crippen LogP contribution >= 0.6 is 23.4 Å². The molecule has 3 nitrogen and oxygen atoms in total. The van der Waals surface area contributed by atoms with Crippen LogP contribution in [0.1, 0.15) is 10.4 Å². The molecule has 116 valence electrons. The van der Waals surface area contributed by atoms with Crippen LogP contribution in [-0.2, 0) is 0 Å². The molecule has 0 spiro atoms. The van der Waals surface area contributed by atoms with Crippen molar-refractivity contribution < 1.29 is 13.6 Å². The fourth-order valence-electron chi connectivity index (χ4n) is 1.68. The van der Waals surface area contributed by atoms with Crippen LogP contribution in [0, 0.1) is 11.6 Å². The lowest BCUT2D eigenvalue weighted by Gasteiger charge is -2.09. The van der Waals surface area contributed by atoms with Crippen LogP contribution in [-0.4, -0.2) is 18.8 Å². The Balaban J connectivity index is 2.16. The number of rotatable bonds is 5. The van der Waals surface area contributed by atoms with Crippen molar-refractivity contribution in [3.63, 3.8) is 0 Å². The van der Waals surface area contributed by atoms with Gasteiger partial charge in [-0.25, -0.2) is 8.78 Å². The van der Waals surface area contributed by atoms with Gasteiger partial charge < -0.3 is 10.6 Å². The van der Waals surface area contributed by atoms with E-state index >= 15 is 0 Å². The molecule has 0 unspecified atom stereocenters. The molecule has 2 aromatic carbocycles. The summed E-state index contributed by atoms with van der Waals surface area (Å²) in [6.07, 6.45) is 0. The zero-order valence-corrected chi connectivity index (χ0v) is 13.2. The SMILES string of the molecule is CNCSc1cc(C(=O)Nc2ccc(F)c(F)c2)ccc1Cl. The standard InChI is InChI=1S/C15H13ClF2N2OS/c1-19-8-22-14-6-9(2-4-11(14)16)15(21)20-10-3-5-12(17)13(18)7-10/h2-7,19H,8H2,1H3,(H,20,21). The summed E-state index contributed by atoms with van der Waals surface area (Å²) in [5.41, 5.74) is 0.566. The lowest BCUT2D eigenvalue weighted by Crippen LogP contribution is -2.12. The quantitative estimate of drug-likeness (QED) is 0.634. The van der Waals surface area contributed by atoms with Gasteiger partial charge in [-0.15, -0.1) is 11.8 Å². The molecule has 7 heteroatoms. The van der Waals surface area contributed by atoms with Gasteiger partial charge in [0.05, 0.1) is 5.02 Å². The first-order valence-electron chi connectivity index (χ1n) is 6.34. The second kappa shape index (κ2) is 7.58. The van der Waals surface area contributed by atoms with E-state index in [0.29, 0.717) is 16.5 Å². The van der Waals surface area contributed by atoms with E-state index in [-0.39, 0.29) is 5.69 Å². The van der Waals surface area contributed by atoms with E-state index in [4.69, 9.17) is 11.6 Å². The maximum absolute atomic E-state index is 13.1. The molecule has 0 aliphatic rings.